The third-order valence-electron chi connectivity index (χ3n) is 5.85. The average molecular weight is 485 g/mol. The molecule has 4 rings (SSSR count). The van der Waals surface area contributed by atoms with Gasteiger partial charge in [-0.05, 0) is 62.4 Å². The molecule has 1 atom stereocenters. The predicted molar refractivity (Wildman–Crippen MR) is 125 cm³/mol. The Balaban J connectivity index is 1.51. The Morgan fingerprint density at radius 2 is 1.97 bits per heavy atom. The lowest BCUT2D eigenvalue weighted by molar-refractivity contribution is -0.144. The van der Waals surface area contributed by atoms with Crippen molar-refractivity contribution in [3.63, 3.8) is 0 Å². The summed E-state index contributed by atoms with van der Waals surface area (Å²) in [5.41, 5.74) is 1.84. The lowest BCUT2D eigenvalue weighted by atomic mass is 10.0. The van der Waals surface area contributed by atoms with E-state index in [4.69, 9.17) is 5.26 Å². The molecule has 0 radical (unpaired) electrons. The Kier molecular flexibility index (Phi) is 6.98. The Labute approximate surface area is 199 Å². The Bertz CT molecular complexity index is 1210. The lowest BCUT2D eigenvalue weighted by Gasteiger charge is -2.25. The topological polar surface area (TPSA) is 69.9 Å². The largest absolute Gasteiger partial charge is 0.451 e. The van der Waals surface area contributed by atoms with Crippen LogP contribution in [-0.4, -0.2) is 28.3 Å². The number of aryl methyl sites for hydroxylation is 2. The van der Waals surface area contributed by atoms with Crippen molar-refractivity contribution in [2.75, 3.05) is 11.4 Å². The summed E-state index contributed by atoms with van der Waals surface area (Å²) in [6.45, 7) is 2.36. The Morgan fingerprint density at radius 3 is 2.62 bits per heavy atom. The fourth-order valence-corrected chi connectivity index (χ4v) is 4.99. The maximum atomic E-state index is 13.6. The second-order valence-corrected chi connectivity index (χ2v) is 9.61. The third-order valence-corrected chi connectivity index (χ3v) is 6.87. The van der Waals surface area contributed by atoms with E-state index in [9.17, 15) is 18.0 Å². The number of benzene rings is 1. The smallest absolute Gasteiger partial charge is 0.346 e. The van der Waals surface area contributed by atoms with E-state index in [1.165, 1.54) is 11.3 Å². The van der Waals surface area contributed by atoms with Crippen LogP contribution in [0.4, 0.5) is 19.0 Å². The van der Waals surface area contributed by atoms with Crippen LogP contribution in [0, 0.1) is 18.3 Å². The standard InChI is InChI=1S/C25H23F3N4OS/c1-16-7-12-22(34-16)19-14-23(31-24(30-19)25(26,27)28)32-13-3-5-20(32)21(33)6-2-4-17-8-10-18(15-29)11-9-17/h7-12,14,20H,2-6,13H2,1H3/t20-/m0/s1. The normalized spacial score (nSPS) is 16.0. The average Bonchev–Trinajstić information content (AvgIpc) is 3.48. The summed E-state index contributed by atoms with van der Waals surface area (Å²) in [7, 11) is 0. The van der Waals surface area contributed by atoms with Gasteiger partial charge < -0.3 is 4.90 Å². The van der Waals surface area contributed by atoms with Gasteiger partial charge in [-0.2, -0.15) is 18.4 Å². The second kappa shape index (κ2) is 9.94. The van der Waals surface area contributed by atoms with Crippen molar-refractivity contribution in [1.29, 1.82) is 5.26 Å². The van der Waals surface area contributed by atoms with Crippen molar-refractivity contribution < 1.29 is 18.0 Å². The number of thiophene rings is 1. The quantitative estimate of drug-likeness (QED) is 0.414. The molecular weight excluding hydrogens is 461 g/mol. The molecule has 0 unspecified atom stereocenters. The number of anilines is 1. The highest BCUT2D eigenvalue weighted by atomic mass is 32.1. The minimum absolute atomic E-state index is 0.00633. The molecule has 1 saturated heterocycles. The summed E-state index contributed by atoms with van der Waals surface area (Å²) in [4.78, 5) is 23.9. The van der Waals surface area contributed by atoms with Crippen LogP contribution >= 0.6 is 11.3 Å². The molecule has 1 aromatic carbocycles. The molecule has 3 aromatic rings. The molecule has 0 spiro atoms. The second-order valence-electron chi connectivity index (χ2n) is 8.32. The van der Waals surface area contributed by atoms with Gasteiger partial charge in [-0.25, -0.2) is 9.97 Å². The summed E-state index contributed by atoms with van der Waals surface area (Å²) < 4.78 is 40.7. The Hall–Kier alpha value is -3.25. The van der Waals surface area contributed by atoms with E-state index in [2.05, 4.69) is 16.0 Å². The first-order chi connectivity index (χ1) is 16.2. The van der Waals surface area contributed by atoms with Crippen molar-refractivity contribution in [2.45, 2.75) is 51.2 Å². The van der Waals surface area contributed by atoms with Gasteiger partial charge >= 0.3 is 6.18 Å². The van der Waals surface area contributed by atoms with Crippen LogP contribution in [0.25, 0.3) is 10.6 Å². The van der Waals surface area contributed by atoms with Crippen LogP contribution in [0.3, 0.4) is 0 Å². The monoisotopic (exact) mass is 484 g/mol. The van der Waals surface area contributed by atoms with E-state index >= 15 is 0 Å². The van der Waals surface area contributed by atoms with Crippen molar-refractivity contribution in [3.05, 3.63) is 64.3 Å². The van der Waals surface area contributed by atoms with Gasteiger partial charge in [0.25, 0.3) is 0 Å². The summed E-state index contributed by atoms with van der Waals surface area (Å²) in [5.74, 6) is -1.04. The van der Waals surface area contributed by atoms with E-state index in [0.29, 0.717) is 49.1 Å². The fraction of sp³-hybridized carbons (Fsp3) is 0.360. The number of aromatic nitrogens is 2. The van der Waals surface area contributed by atoms with E-state index in [-0.39, 0.29) is 17.3 Å². The molecule has 1 aliphatic heterocycles. The minimum atomic E-state index is -4.68. The molecule has 2 aromatic heterocycles. The molecule has 0 bridgehead atoms. The SMILES string of the molecule is Cc1ccc(-c2cc(N3CCC[C@H]3C(=O)CCCc3ccc(C#N)cc3)nc(C(F)(F)F)n2)s1. The zero-order valence-electron chi connectivity index (χ0n) is 18.6. The van der Waals surface area contributed by atoms with Gasteiger partial charge in [0.2, 0.25) is 5.82 Å². The minimum Gasteiger partial charge on any atom is -0.346 e. The molecule has 5 nitrogen and oxygen atoms in total. The van der Waals surface area contributed by atoms with Crippen molar-refractivity contribution >= 4 is 22.9 Å². The van der Waals surface area contributed by atoms with Crippen molar-refractivity contribution in [3.8, 4) is 16.6 Å². The maximum Gasteiger partial charge on any atom is 0.451 e. The van der Waals surface area contributed by atoms with Gasteiger partial charge in [-0.15, -0.1) is 11.3 Å². The molecular formula is C25H23F3N4OS. The first-order valence-electron chi connectivity index (χ1n) is 11.1. The molecule has 0 aliphatic carbocycles. The zero-order chi connectivity index (χ0) is 24.3. The van der Waals surface area contributed by atoms with E-state index < -0.39 is 18.0 Å². The summed E-state index contributed by atoms with van der Waals surface area (Å²) >= 11 is 1.37. The van der Waals surface area contributed by atoms with Crippen LogP contribution in [0.15, 0.2) is 42.5 Å². The zero-order valence-corrected chi connectivity index (χ0v) is 19.4. The van der Waals surface area contributed by atoms with Crippen LogP contribution in [-0.2, 0) is 17.4 Å². The Morgan fingerprint density at radius 1 is 1.21 bits per heavy atom. The summed E-state index contributed by atoms with van der Waals surface area (Å²) in [5, 5.41) is 8.89. The first-order valence-corrected chi connectivity index (χ1v) is 11.9. The molecule has 0 N–H and O–H groups in total. The summed E-state index contributed by atoms with van der Waals surface area (Å²) in [6.07, 6.45) is -1.73. The molecule has 3 heterocycles. The van der Waals surface area contributed by atoms with Gasteiger partial charge in [-0.1, -0.05) is 12.1 Å². The van der Waals surface area contributed by atoms with E-state index in [1.54, 1.807) is 29.2 Å². The van der Waals surface area contributed by atoms with Crippen molar-refractivity contribution in [2.24, 2.45) is 0 Å². The number of hydrogen-bond donors (Lipinski definition) is 0. The number of carbonyl (C=O) groups is 1. The number of Topliss-reactive ketones (excluding diaryl/α,β-unsaturated/α-hetero) is 1. The third kappa shape index (κ3) is 5.45. The van der Waals surface area contributed by atoms with Crippen molar-refractivity contribution in [1.82, 2.24) is 9.97 Å². The van der Waals surface area contributed by atoms with Gasteiger partial charge in [0.1, 0.15) is 5.82 Å². The molecule has 0 saturated carbocycles. The number of alkyl halides is 3. The number of rotatable bonds is 7. The van der Waals surface area contributed by atoms with Crippen LogP contribution in [0.2, 0.25) is 0 Å². The van der Waals surface area contributed by atoms with Gasteiger partial charge in [0.05, 0.1) is 28.2 Å². The number of ketones is 1. The van der Waals surface area contributed by atoms with Gasteiger partial charge in [0.15, 0.2) is 5.78 Å². The van der Waals surface area contributed by atoms with Gasteiger partial charge in [0, 0.05) is 23.9 Å². The number of hydrogen-bond acceptors (Lipinski definition) is 6. The summed E-state index contributed by atoms with van der Waals surface area (Å²) in [6, 6.07) is 14.0. The van der Waals surface area contributed by atoms with Crippen LogP contribution in [0.1, 0.15) is 47.5 Å². The highest BCUT2D eigenvalue weighted by Crippen LogP contribution is 2.35. The van der Waals surface area contributed by atoms with E-state index in [0.717, 1.165) is 10.4 Å². The fourth-order valence-electron chi connectivity index (χ4n) is 4.16. The predicted octanol–water partition coefficient (Wildman–Crippen LogP) is 5.96. The highest BCUT2D eigenvalue weighted by Gasteiger charge is 2.38. The van der Waals surface area contributed by atoms with Gasteiger partial charge in [-0.3, -0.25) is 4.79 Å². The van der Waals surface area contributed by atoms with E-state index in [1.807, 2.05) is 25.1 Å². The number of nitrogens with zero attached hydrogens (tertiary/aromatic N) is 4. The maximum absolute atomic E-state index is 13.6. The van der Waals surface area contributed by atoms with Crippen LogP contribution < -0.4 is 4.90 Å². The molecule has 176 valence electrons. The number of nitriles is 1. The molecule has 9 heteroatoms. The lowest BCUT2D eigenvalue weighted by Crippen LogP contribution is -2.37. The molecule has 1 fully saturated rings. The highest BCUT2D eigenvalue weighted by molar-refractivity contribution is 7.15. The molecule has 1 aliphatic rings. The first kappa shape index (κ1) is 23.9. The number of carbonyl (C=O) groups excluding carboxylic acids is 1. The molecule has 34 heavy (non-hydrogen) atoms. The number of halogens is 3. The van der Waals surface area contributed by atoms with Crippen LogP contribution in [0.5, 0.6) is 0 Å². The molecule has 0 amide bonds.